The number of fused-ring (bicyclic) bond motifs is 1. The summed E-state index contributed by atoms with van der Waals surface area (Å²) in [5.74, 6) is 0.667. The number of amides is 2. The van der Waals surface area contributed by atoms with Crippen molar-refractivity contribution in [3.05, 3.63) is 53.9 Å². The fourth-order valence-corrected chi connectivity index (χ4v) is 2.74. The maximum absolute atomic E-state index is 12.3. The van der Waals surface area contributed by atoms with Crippen LogP contribution in [0.1, 0.15) is 18.3 Å². The largest absolute Gasteiger partial charge is 0.331 e. The van der Waals surface area contributed by atoms with E-state index in [2.05, 4.69) is 15.6 Å². The molecule has 128 valence electrons. The standard InChI is InChI=1S/C19H20N4O2/c1-12-20-17-9-14(7-8-18(17)23(12)3)10-19(25)22-16-6-4-5-15(11-16)21-13(2)24/h4-9,11H,10H2,1-3H3,(H,21,24)(H,22,25). The molecule has 0 bridgehead atoms. The van der Waals surface area contributed by atoms with Gasteiger partial charge in [-0.2, -0.15) is 0 Å². The summed E-state index contributed by atoms with van der Waals surface area (Å²) in [7, 11) is 1.97. The Kier molecular flexibility index (Phi) is 4.52. The third-order valence-electron chi connectivity index (χ3n) is 4.00. The fraction of sp³-hybridized carbons (Fsp3) is 0.211. The van der Waals surface area contributed by atoms with Gasteiger partial charge in [-0.15, -0.1) is 0 Å². The Labute approximate surface area is 145 Å². The minimum atomic E-state index is -0.151. The van der Waals surface area contributed by atoms with E-state index >= 15 is 0 Å². The third-order valence-corrected chi connectivity index (χ3v) is 4.00. The number of aromatic nitrogens is 2. The van der Waals surface area contributed by atoms with Crippen LogP contribution in [0, 0.1) is 6.92 Å². The molecule has 0 atom stereocenters. The van der Waals surface area contributed by atoms with Crippen LogP contribution in [-0.2, 0) is 23.1 Å². The molecule has 0 aliphatic heterocycles. The summed E-state index contributed by atoms with van der Waals surface area (Å²) < 4.78 is 2.02. The van der Waals surface area contributed by atoms with E-state index < -0.39 is 0 Å². The number of imidazole rings is 1. The van der Waals surface area contributed by atoms with E-state index in [4.69, 9.17) is 0 Å². The number of benzene rings is 2. The minimum Gasteiger partial charge on any atom is -0.331 e. The molecule has 0 fully saturated rings. The molecule has 0 spiro atoms. The van der Waals surface area contributed by atoms with Crippen LogP contribution in [0.4, 0.5) is 11.4 Å². The first-order valence-electron chi connectivity index (χ1n) is 8.02. The van der Waals surface area contributed by atoms with Crippen LogP contribution in [0.15, 0.2) is 42.5 Å². The summed E-state index contributed by atoms with van der Waals surface area (Å²) in [4.78, 5) is 27.9. The van der Waals surface area contributed by atoms with Crippen LogP contribution in [-0.4, -0.2) is 21.4 Å². The predicted octanol–water partition coefficient (Wildman–Crippen LogP) is 3.02. The molecule has 2 amide bonds. The van der Waals surface area contributed by atoms with Crippen molar-refractivity contribution in [1.82, 2.24) is 9.55 Å². The van der Waals surface area contributed by atoms with Crippen LogP contribution in [0.5, 0.6) is 0 Å². The molecule has 6 heteroatoms. The van der Waals surface area contributed by atoms with Gasteiger partial charge in [0, 0.05) is 25.3 Å². The highest BCUT2D eigenvalue weighted by Gasteiger charge is 2.09. The molecule has 3 aromatic rings. The Bertz CT molecular complexity index is 959. The molecule has 25 heavy (non-hydrogen) atoms. The quantitative estimate of drug-likeness (QED) is 0.769. The van der Waals surface area contributed by atoms with Crippen molar-refractivity contribution in [3.63, 3.8) is 0 Å². The van der Waals surface area contributed by atoms with Crippen LogP contribution < -0.4 is 10.6 Å². The van der Waals surface area contributed by atoms with Crippen LogP contribution in [0.25, 0.3) is 11.0 Å². The van der Waals surface area contributed by atoms with E-state index in [0.29, 0.717) is 11.4 Å². The molecule has 3 rings (SSSR count). The molecule has 0 radical (unpaired) electrons. The van der Waals surface area contributed by atoms with Crippen molar-refractivity contribution in [1.29, 1.82) is 0 Å². The highest BCUT2D eigenvalue weighted by Crippen LogP contribution is 2.18. The van der Waals surface area contributed by atoms with Crippen molar-refractivity contribution >= 4 is 34.2 Å². The van der Waals surface area contributed by atoms with Gasteiger partial charge in [-0.1, -0.05) is 12.1 Å². The lowest BCUT2D eigenvalue weighted by Crippen LogP contribution is -2.14. The average Bonchev–Trinajstić information content (AvgIpc) is 2.81. The van der Waals surface area contributed by atoms with Crippen LogP contribution >= 0.6 is 0 Å². The summed E-state index contributed by atoms with van der Waals surface area (Å²) >= 11 is 0. The zero-order chi connectivity index (χ0) is 18.0. The van der Waals surface area contributed by atoms with E-state index in [0.717, 1.165) is 22.4 Å². The molecule has 1 aromatic heterocycles. The first-order chi connectivity index (χ1) is 11.9. The number of hydrogen-bond donors (Lipinski definition) is 2. The van der Waals surface area contributed by atoms with Crippen molar-refractivity contribution in [3.8, 4) is 0 Å². The second-order valence-corrected chi connectivity index (χ2v) is 6.03. The number of aryl methyl sites for hydroxylation is 2. The lowest BCUT2D eigenvalue weighted by atomic mass is 10.1. The molecular weight excluding hydrogens is 316 g/mol. The van der Waals surface area contributed by atoms with Gasteiger partial charge in [0.25, 0.3) is 0 Å². The highest BCUT2D eigenvalue weighted by atomic mass is 16.2. The number of nitrogens with zero attached hydrogens (tertiary/aromatic N) is 2. The Morgan fingerprint density at radius 3 is 2.52 bits per heavy atom. The SMILES string of the molecule is CC(=O)Nc1cccc(NC(=O)Cc2ccc3c(c2)nc(C)n3C)c1. The van der Waals surface area contributed by atoms with E-state index in [9.17, 15) is 9.59 Å². The molecule has 6 nitrogen and oxygen atoms in total. The smallest absolute Gasteiger partial charge is 0.228 e. The summed E-state index contributed by atoms with van der Waals surface area (Å²) in [5.41, 5.74) is 4.13. The molecular formula is C19H20N4O2. The number of nitrogens with one attached hydrogen (secondary N) is 2. The van der Waals surface area contributed by atoms with E-state index in [1.54, 1.807) is 24.3 Å². The van der Waals surface area contributed by atoms with Crippen LogP contribution in [0.2, 0.25) is 0 Å². The Morgan fingerprint density at radius 1 is 1.08 bits per heavy atom. The average molecular weight is 336 g/mol. The molecule has 0 saturated carbocycles. The van der Waals surface area contributed by atoms with E-state index in [1.807, 2.05) is 36.7 Å². The van der Waals surface area contributed by atoms with Gasteiger partial charge in [0.1, 0.15) is 5.82 Å². The summed E-state index contributed by atoms with van der Waals surface area (Å²) in [5, 5.41) is 5.55. The first kappa shape index (κ1) is 16.7. The zero-order valence-corrected chi connectivity index (χ0v) is 14.5. The molecule has 0 aliphatic carbocycles. The Balaban J connectivity index is 1.71. The zero-order valence-electron chi connectivity index (χ0n) is 14.5. The van der Waals surface area contributed by atoms with Crippen molar-refractivity contribution in [2.45, 2.75) is 20.3 Å². The topological polar surface area (TPSA) is 76.0 Å². The molecule has 2 aromatic carbocycles. The third kappa shape index (κ3) is 3.85. The van der Waals surface area contributed by atoms with Crippen molar-refractivity contribution in [2.75, 3.05) is 10.6 Å². The normalized spacial score (nSPS) is 10.7. The predicted molar refractivity (Wildman–Crippen MR) is 98.5 cm³/mol. The number of hydrogen-bond acceptors (Lipinski definition) is 3. The Morgan fingerprint density at radius 2 is 1.80 bits per heavy atom. The highest BCUT2D eigenvalue weighted by molar-refractivity contribution is 5.94. The summed E-state index contributed by atoms with van der Waals surface area (Å²) in [6, 6.07) is 12.9. The van der Waals surface area contributed by atoms with Gasteiger partial charge >= 0.3 is 0 Å². The number of carbonyl (C=O) groups excluding carboxylic acids is 2. The second kappa shape index (κ2) is 6.76. The number of rotatable bonds is 4. The molecule has 1 heterocycles. The first-order valence-corrected chi connectivity index (χ1v) is 8.02. The molecule has 0 aliphatic rings. The van der Waals surface area contributed by atoms with Gasteiger partial charge in [0.15, 0.2) is 0 Å². The van der Waals surface area contributed by atoms with Gasteiger partial charge in [0.05, 0.1) is 17.5 Å². The lowest BCUT2D eigenvalue weighted by Gasteiger charge is -2.08. The van der Waals surface area contributed by atoms with Gasteiger partial charge in [-0.25, -0.2) is 4.98 Å². The van der Waals surface area contributed by atoms with Crippen molar-refractivity contribution in [2.24, 2.45) is 7.05 Å². The van der Waals surface area contributed by atoms with E-state index in [-0.39, 0.29) is 18.2 Å². The molecule has 0 saturated heterocycles. The number of anilines is 2. The summed E-state index contributed by atoms with van der Waals surface area (Å²) in [6.07, 6.45) is 0.260. The van der Waals surface area contributed by atoms with Crippen molar-refractivity contribution < 1.29 is 9.59 Å². The summed E-state index contributed by atoms with van der Waals surface area (Å²) in [6.45, 7) is 3.40. The Hall–Kier alpha value is -3.15. The molecule has 0 unspecified atom stereocenters. The van der Waals surface area contributed by atoms with Gasteiger partial charge in [-0.05, 0) is 42.8 Å². The minimum absolute atomic E-state index is 0.119. The monoisotopic (exact) mass is 336 g/mol. The maximum atomic E-state index is 12.3. The molecule has 2 N–H and O–H groups in total. The van der Waals surface area contributed by atoms with Gasteiger partial charge in [0.2, 0.25) is 11.8 Å². The second-order valence-electron chi connectivity index (χ2n) is 6.03. The van der Waals surface area contributed by atoms with Gasteiger partial charge < -0.3 is 15.2 Å². The maximum Gasteiger partial charge on any atom is 0.228 e. The van der Waals surface area contributed by atoms with Gasteiger partial charge in [-0.3, -0.25) is 9.59 Å². The number of carbonyl (C=O) groups is 2. The lowest BCUT2D eigenvalue weighted by molar-refractivity contribution is -0.115. The van der Waals surface area contributed by atoms with Crippen LogP contribution in [0.3, 0.4) is 0 Å². The van der Waals surface area contributed by atoms with E-state index in [1.165, 1.54) is 6.92 Å². The fourth-order valence-electron chi connectivity index (χ4n) is 2.74.